The van der Waals surface area contributed by atoms with Crippen LogP contribution in [0.5, 0.6) is 5.75 Å². The molecule has 1 heterocycles. The van der Waals surface area contributed by atoms with E-state index in [2.05, 4.69) is 0 Å². The third kappa shape index (κ3) is 2.29. The lowest BCUT2D eigenvalue weighted by Gasteiger charge is -2.29. The van der Waals surface area contributed by atoms with Gasteiger partial charge in [-0.1, -0.05) is 30.3 Å². The number of nitrogens with zero attached hydrogens (tertiary/aromatic N) is 2. The molecule has 120 valence electrons. The summed E-state index contributed by atoms with van der Waals surface area (Å²) in [5.41, 5.74) is 0.886. The molecule has 0 unspecified atom stereocenters. The molecule has 0 aliphatic carbocycles. The van der Waals surface area contributed by atoms with Gasteiger partial charge in [0, 0.05) is 18.1 Å². The first kappa shape index (κ1) is 15.5. The van der Waals surface area contributed by atoms with Crippen LogP contribution < -0.4 is 4.74 Å². The average Bonchev–Trinajstić information content (AvgIpc) is 2.77. The molecule has 2 aromatic rings. The first-order valence-corrected chi connectivity index (χ1v) is 7.52. The molecule has 1 N–H and O–H groups in total. The first-order chi connectivity index (χ1) is 11.0. The molecule has 5 nitrogen and oxygen atoms in total. The Labute approximate surface area is 135 Å². The van der Waals surface area contributed by atoms with Crippen LogP contribution in [0, 0.1) is 5.21 Å². The number of ether oxygens (including phenoxy) is 1. The molecule has 5 heteroatoms. The highest BCUT2D eigenvalue weighted by molar-refractivity contribution is 6.01. The van der Waals surface area contributed by atoms with Gasteiger partial charge >= 0.3 is 0 Å². The number of methoxy groups -OCH3 is 1. The van der Waals surface area contributed by atoms with E-state index < -0.39 is 11.7 Å². The van der Waals surface area contributed by atoms with E-state index in [4.69, 9.17) is 4.74 Å². The van der Waals surface area contributed by atoms with Crippen LogP contribution in [0.4, 0.5) is 0 Å². The first-order valence-electron chi connectivity index (χ1n) is 7.52. The lowest BCUT2D eigenvalue weighted by Crippen LogP contribution is -2.45. The largest absolute Gasteiger partial charge is 0.622 e. The Morgan fingerprint density at radius 1 is 1.13 bits per heavy atom. The van der Waals surface area contributed by atoms with Crippen LogP contribution in [0.1, 0.15) is 25.0 Å². The fourth-order valence-corrected chi connectivity index (χ4v) is 3.11. The van der Waals surface area contributed by atoms with Crippen molar-refractivity contribution < 1.29 is 14.7 Å². The Kier molecular flexibility index (Phi) is 3.83. The molecule has 1 aliphatic heterocycles. The summed E-state index contributed by atoms with van der Waals surface area (Å²) in [6.45, 7) is 3.54. The lowest BCUT2D eigenvalue weighted by atomic mass is 10.0. The quantitative estimate of drug-likeness (QED) is 0.699. The minimum atomic E-state index is -1.16. The molecule has 0 saturated carbocycles. The van der Waals surface area contributed by atoms with Crippen LogP contribution in [0.3, 0.4) is 0 Å². The maximum atomic E-state index is 13.1. The minimum Gasteiger partial charge on any atom is -0.622 e. The van der Waals surface area contributed by atoms with Gasteiger partial charge in [0.2, 0.25) is 5.71 Å². The lowest BCUT2D eigenvalue weighted by molar-refractivity contribution is -0.595. The maximum Gasteiger partial charge on any atom is 0.274 e. The van der Waals surface area contributed by atoms with E-state index in [-0.39, 0.29) is 0 Å². The fourth-order valence-electron chi connectivity index (χ4n) is 3.11. The van der Waals surface area contributed by atoms with Crippen molar-refractivity contribution in [2.45, 2.75) is 25.6 Å². The Bertz CT molecular complexity index is 728. The molecule has 0 aromatic heterocycles. The summed E-state index contributed by atoms with van der Waals surface area (Å²) in [6.07, 6.45) is 0. The molecule has 0 spiro atoms. The maximum absolute atomic E-state index is 13.1. The normalized spacial score (nSPS) is 25.0. The van der Waals surface area contributed by atoms with Crippen molar-refractivity contribution in [2.75, 3.05) is 7.11 Å². The van der Waals surface area contributed by atoms with Gasteiger partial charge in [0.25, 0.3) is 5.66 Å². The summed E-state index contributed by atoms with van der Waals surface area (Å²) in [5, 5.41) is 24.8. The Morgan fingerprint density at radius 3 is 2.30 bits per heavy atom. The molecule has 0 amide bonds. The minimum absolute atomic E-state index is 0.425. The number of hydrogen-bond donors (Lipinski definition) is 1. The van der Waals surface area contributed by atoms with Crippen LogP contribution in [0.15, 0.2) is 54.6 Å². The highest BCUT2D eigenvalue weighted by Crippen LogP contribution is 2.36. The molecule has 0 radical (unpaired) electrons. The van der Waals surface area contributed by atoms with Gasteiger partial charge < -0.3 is 15.2 Å². The fraction of sp³-hybridized carbons (Fsp3) is 0.278. The molecule has 23 heavy (non-hydrogen) atoms. The van der Waals surface area contributed by atoms with E-state index >= 15 is 0 Å². The summed E-state index contributed by atoms with van der Waals surface area (Å²) < 4.78 is 6.05. The summed E-state index contributed by atoms with van der Waals surface area (Å²) >= 11 is 0. The SMILES string of the molecule is COc1ccc(C2=[N+]([O-])[C@](C)(c3ccccc3)N(O)[C@H]2C)cc1. The second-order valence-corrected chi connectivity index (χ2v) is 5.82. The third-order valence-electron chi connectivity index (χ3n) is 4.53. The van der Waals surface area contributed by atoms with Crippen molar-refractivity contribution in [1.82, 2.24) is 5.06 Å². The van der Waals surface area contributed by atoms with E-state index in [1.54, 1.807) is 14.0 Å². The number of benzene rings is 2. The van der Waals surface area contributed by atoms with Crippen molar-refractivity contribution in [2.24, 2.45) is 0 Å². The van der Waals surface area contributed by atoms with Gasteiger partial charge in [-0.05, 0) is 31.2 Å². The predicted octanol–water partition coefficient (Wildman–Crippen LogP) is 2.96. The van der Waals surface area contributed by atoms with Crippen molar-refractivity contribution in [3.63, 3.8) is 0 Å². The van der Waals surface area contributed by atoms with Gasteiger partial charge in [-0.25, -0.2) is 0 Å². The topological polar surface area (TPSA) is 58.8 Å². The standard InChI is InChI=1S/C18H20N2O3/c1-13-17(14-9-11-16(23-3)12-10-14)20(22)18(2,19(13)21)15-7-5-4-6-8-15/h4-13,21H,1-3H3/t13-,18+/m0/s1. The van der Waals surface area contributed by atoms with Gasteiger partial charge in [-0.15, -0.1) is 5.06 Å². The molecule has 0 bridgehead atoms. The van der Waals surface area contributed by atoms with Crippen LogP contribution in [0.25, 0.3) is 0 Å². The third-order valence-corrected chi connectivity index (χ3v) is 4.53. The van der Waals surface area contributed by atoms with Crippen molar-refractivity contribution >= 4 is 5.71 Å². The predicted molar refractivity (Wildman–Crippen MR) is 87.6 cm³/mol. The molecule has 0 saturated heterocycles. The van der Waals surface area contributed by atoms with E-state index in [1.807, 2.05) is 61.5 Å². The zero-order valence-electron chi connectivity index (χ0n) is 13.4. The molecule has 3 rings (SSSR count). The second-order valence-electron chi connectivity index (χ2n) is 5.82. The van der Waals surface area contributed by atoms with Crippen LogP contribution in [-0.4, -0.2) is 33.9 Å². The van der Waals surface area contributed by atoms with Gasteiger partial charge in [0.05, 0.1) is 7.11 Å². The summed E-state index contributed by atoms with van der Waals surface area (Å²) in [7, 11) is 1.60. The van der Waals surface area contributed by atoms with Gasteiger partial charge in [-0.3, -0.25) is 0 Å². The Balaban J connectivity index is 2.12. The van der Waals surface area contributed by atoms with Crippen LogP contribution in [-0.2, 0) is 5.66 Å². The van der Waals surface area contributed by atoms with Crippen molar-refractivity contribution in [3.05, 3.63) is 70.9 Å². The molecule has 2 aromatic carbocycles. The van der Waals surface area contributed by atoms with E-state index in [1.165, 1.54) is 0 Å². The number of hydroxylamine groups is 3. The Hall–Kier alpha value is -2.37. The highest BCUT2D eigenvalue weighted by atomic mass is 16.6. The second kappa shape index (κ2) is 5.68. The van der Waals surface area contributed by atoms with Gasteiger partial charge in [0.15, 0.2) is 0 Å². The summed E-state index contributed by atoms with van der Waals surface area (Å²) in [4.78, 5) is 0. The van der Waals surface area contributed by atoms with Crippen LogP contribution >= 0.6 is 0 Å². The van der Waals surface area contributed by atoms with E-state index in [0.717, 1.165) is 26.7 Å². The van der Waals surface area contributed by atoms with Gasteiger partial charge in [-0.2, -0.15) is 4.74 Å². The van der Waals surface area contributed by atoms with E-state index in [9.17, 15) is 10.4 Å². The monoisotopic (exact) mass is 312 g/mol. The highest BCUT2D eigenvalue weighted by Gasteiger charge is 2.54. The van der Waals surface area contributed by atoms with Crippen LogP contribution in [0.2, 0.25) is 0 Å². The summed E-state index contributed by atoms with van der Waals surface area (Å²) in [5.74, 6) is 0.726. The number of rotatable bonds is 3. The zero-order valence-corrected chi connectivity index (χ0v) is 13.4. The zero-order chi connectivity index (χ0) is 16.6. The van der Waals surface area contributed by atoms with Gasteiger partial charge in [0.1, 0.15) is 11.8 Å². The van der Waals surface area contributed by atoms with Crippen molar-refractivity contribution in [3.8, 4) is 5.75 Å². The smallest absolute Gasteiger partial charge is 0.274 e. The molecule has 0 fully saturated rings. The van der Waals surface area contributed by atoms with E-state index in [0.29, 0.717) is 5.71 Å². The molecular weight excluding hydrogens is 292 g/mol. The number of hydrogen-bond acceptors (Lipinski definition) is 4. The average molecular weight is 312 g/mol. The summed E-state index contributed by atoms with van der Waals surface area (Å²) in [6, 6.07) is 16.2. The molecular formula is C18H20N2O3. The Morgan fingerprint density at radius 2 is 1.74 bits per heavy atom. The molecule has 1 aliphatic rings. The van der Waals surface area contributed by atoms with Crippen molar-refractivity contribution in [1.29, 1.82) is 0 Å². The molecule has 2 atom stereocenters.